The zero-order chi connectivity index (χ0) is 22.7. The second-order valence-electron chi connectivity index (χ2n) is 9.00. The van der Waals surface area contributed by atoms with Crippen molar-refractivity contribution in [1.29, 1.82) is 0 Å². The van der Waals surface area contributed by atoms with E-state index in [4.69, 9.17) is 14.5 Å². The minimum atomic E-state index is -0.545. The van der Waals surface area contributed by atoms with Gasteiger partial charge in [0.1, 0.15) is 17.2 Å². The van der Waals surface area contributed by atoms with E-state index in [1.54, 1.807) is 24.4 Å². The standard InChI is InChI=1S/C25H30N4O3/c1-25(2,3)32-24(30)29-15-6-5-10-20(29)23-27-21(17-11-13-26-14-12-17)22(28-23)18-8-7-9-19(16-18)31-4/h7-9,11-14,16,20H,5-6,10,15H2,1-4H3,(H,27,28). The number of methoxy groups -OCH3 is 1. The van der Waals surface area contributed by atoms with Crippen LogP contribution in [-0.2, 0) is 4.74 Å². The second-order valence-corrected chi connectivity index (χ2v) is 9.00. The van der Waals surface area contributed by atoms with Gasteiger partial charge in [-0.3, -0.25) is 9.88 Å². The molecule has 168 valence electrons. The van der Waals surface area contributed by atoms with Gasteiger partial charge in [-0.05, 0) is 64.3 Å². The molecule has 1 aliphatic rings. The van der Waals surface area contributed by atoms with Crippen molar-refractivity contribution in [3.63, 3.8) is 0 Å². The molecule has 1 aliphatic heterocycles. The van der Waals surface area contributed by atoms with Crippen molar-refractivity contribution in [2.45, 2.75) is 51.7 Å². The van der Waals surface area contributed by atoms with Crippen molar-refractivity contribution >= 4 is 6.09 Å². The number of aromatic nitrogens is 3. The van der Waals surface area contributed by atoms with Crippen molar-refractivity contribution in [3.05, 3.63) is 54.6 Å². The van der Waals surface area contributed by atoms with E-state index < -0.39 is 5.60 Å². The van der Waals surface area contributed by atoms with Crippen LogP contribution in [-0.4, -0.2) is 45.2 Å². The van der Waals surface area contributed by atoms with Crippen LogP contribution in [0.5, 0.6) is 5.75 Å². The summed E-state index contributed by atoms with van der Waals surface area (Å²) in [4.78, 5) is 27.4. The number of pyridine rings is 1. The minimum Gasteiger partial charge on any atom is -0.497 e. The number of hydrogen-bond donors (Lipinski definition) is 1. The van der Waals surface area contributed by atoms with Crippen LogP contribution in [0.3, 0.4) is 0 Å². The van der Waals surface area contributed by atoms with E-state index in [-0.39, 0.29) is 12.1 Å². The number of likely N-dealkylation sites (tertiary alicyclic amines) is 1. The van der Waals surface area contributed by atoms with E-state index in [0.717, 1.165) is 53.4 Å². The Labute approximate surface area is 188 Å². The van der Waals surface area contributed by atoms with E-state index in [1.165, 1.54) is 0 Å². The molecule has 0 radical (unpaired) electrons. The Morgan fingerprint density at radius 1 is 1.12 bits per heavy atom. The lowest BCUT2D eigenvalue weighted by molar-refractivity contribution is 0.00855. The SMILES string of the molecule is COc1cccc(-c2nc(C3CCCCN3C(=O)OC(C)(C)C)[nH]c2-c2ccncc2)c1. The van der Waals surface area contributed by atoms with E-state index >= 15 is 0 Å². The first-order valence-corrected chi connectivity index (χ1v) is 11.0. The number of amides is 1. The molecule has 1 aromatic carbocycles. The first-order valence-electron chi connectivity index (χ1n) is 11.0. The predicted octanol–water partition coefficient (Wildman–Crippen LogP) is 5.61. The summed E-state index contributed by atoms with van der Waals surface area (Å²) in [5.74, 6) is 1.53. The van der Waals surface area contributed by atoms with Gasteiger partial charge in [-0.1, -0.05) is 12.1 Å². The molecule has 0 spiro atoms. The largest absolute Gasteiger partial charge is 0.497 e. The van der Waals surface area contributed by atoms with Gasteiger partial charge in [0.2, 0.25) is 0 Å². The number of imidazole rings is 1. The third-order valence-electron chi connectivity index (χ3n) is 5.48. The number of carbonyl (C=O) groups is 1. The minimum absolute atomic E-state index is 0.168. The molecule has 0 aliphatic carbocycles. The Hall–Kier alpha value is -3.35. The van der Waals surface area contributed by atoms with E-state index in [1.807, 2.05) is 57.2 Å². The van der Waals surface area contributed by atoms with Gasteiger partial charge in [-0.25, -0.2) is 9.78 Å². The lowest BCUT2D eigenvalue weighted by Crippen LogP contribution is -2.42. The summed E-state index contributed by atoms with van der Waals surface area (Å²) in [5, 5.41) is 0. The molecule has 1 saturated heterocycles. The normalized spacial score (nSPS) is 16.6. The van der Waals surface area contributed by atoms with Crippen molar-refractivity contribution in [2.75, 3.05) is 13.7 Å². The second kappa shape index (κ2) is 9.02. The highest BCUT2D eigenvalue weighted by molar-refractivity contribution is 5.79. The number of nitrogens with zero attached hydrogens (tertiary/aromatic N) is 3. The van der Waals surface area contributed by atoms with Crippen molar-refractivity contribution in [3.8, 4) is 28.3 Å². The van der Waals surface area contributed by atoms with Gasteiger partial charge in [0.25, 0.3) is 0 Å². The lowest BCUT2D eigenvalue weighted by atomic mass is 10.0. The Balaban J connectivity index is 1.77. The van der Waals surface area contributed by atoms with Crippen LogP contribution in [0.15, 0.2) is 48.8 Å². The molecule has 1 atom stereocenters. The van der Waals surface area contributed by atoms with E-state index in [9.17, 15) is 4.79 Å². The third-order valence-corrected chi connectivity index (χ3v) is 5.48. The molecule has 4 rings (SSSR count). The summed E-state index contributed by atoms with van der Waals surface area (Å²) in [5.41, 5.74) is 3.09. The number of ether oxygens (including phenoxy) is 2. The molecule has 1 N–H and O–H groups in total. The van der Waals surface area contributed by atoms with Gasteiger partial charge >= 0.3 is 6.09 Å². The fraction of sp³-hybridized carbons (Fsp3) is 0.400. The van der Waals surface area contributed by atoms with Crippen LogP contribution < -0.4 is 4.74 Å². The van der Waals surface area contributed by atoms with Crippen molar-refractivity contribution in [1.82, 2.24) is 19.9 Å². The summed E-state index contributed by atoms with van der Waals surface area (Å²) in [6.07, 6.45) is 6.05. The van der Waals surface area contributed by atoms with Gasteiger partial charge in [0.15, 0.2) is 0 Å². The van der Waals surface area contributed by atoms with E-state index in [2.05, 4.69) is 9.97 Å². The zero-order valence-corrected chi connectivity index (χ0v) is 19.1. The molecule has 1 fully saturated rings. The highest BCUT2D eigenvalue weighted by Gasteiger charge is 2.34. The molecule has 32 heavy (non-hydrogen) atoms. The number of hydrogen-bond acceptors (Lipinski definition) is 5. The molecule has 7 nitrogen and oxygen atoms in total. The number of rotatable bonds is 4. The summed E-state index contributed by atoms with van der Waals surface area (Å²) in [6.45, 7) is 6.32. The van der Waals surface area contributed by atoms with Gasteiger partial charge in [0.05, 0.1) is 24.5 Å². The van der Waals surface area contributed by atoms with Gasteiger partial charge in [-0.2, -0.15) is 0 Å². The molecular weight excluding hydrogens is 404 g/mol. The Morgan fingerprint density at radius 2 is 1.91 bits per heavy atom. The number of H-pyrrole nitrogens is 1. The molecule has 7 heteroatoms. The van der Waals surface area contributed by atoms with Crippen LogP contribution in [0.2, 0.25) is 0 Å². The summed E-state index contributed by atoms with van der Waals surface area (Å²) < 4.78 is 11.1. The average molecular weight is 435 g/mol. The maximum absolute atomic E-state index is 12.9. The van der Waals surface area contributed by atoms with Gasteiger partial charge < -0.3 is 14.5 Å². The first kappa shape index (κ1) is 21.9. The first-order chi connectivity index (χ1) is 15.4. The molecule has 0 bridgehead atoms. The Bertz CT molecular complexity index is 1070. The highest BCUT2D eigenvalue weighted by Crippen LogP contribution is 2.37. The molecule has 3 heterocycles. The highest BCUT2D eigenvalue weighted by atomic mass is 16.6. The molecule has 1 unspecified atom stereocenters. The third kappa shape index (κ3) is 4.77. The summed E-state index contributed by atoms with van der Waals surface area (Å²) in [6, 6.07) is 11.6. The fourth-order valence-electron chi connectivity index (χ4n) is 4.01. The molecule has 1 amide bonds. The summed E-state index contributed by atoms with van der Waals surface area (Å²) >= 11 is 0. The smallest absolute Gasteiger partial charge is 0.410 e. The summed E-state index contributed by atoms with van der Waals surface area (Å²) in [7, 11) is 1.65. The van der Waals surface area contributed by atoms with Gasteiger partial charge in [0, 0.05) is 30.1 Å². The van der Waals surface area contributed by atoms with Crippen LogP contribution in [0.25, 0.3) is 22.5 Å². The number of benzene rings is 1. The van der Waals surface area contributed by atoms with Crippen LogP contribution >= 0.6 is 0 Å². The average Bonchev–Trinajstić information content (AvgIpc) is 3.24. The Kier molecular flexibility index (Phi) is 6.17. The lowest BCUT2D eigenvalue weighted by Gasteiger charge is -2.35. The number of aromatic amines is 1. The maximum atomic E-state index is 12.9. The zero-order valence-electron chi connectivity index (χ0n) is 19.1. The monoisotopic (exact) mass is 434 g/mol. The van der Waals surface area contributed by atoms with E-state index in [0.29, 0.717) is 6.54 Å². The predicted molar refractivity (Wildman–Crippen MR) is 123 cm³/mol. The molecule has 0 saturated carbocycles. The van der Waals surface area contributed by atoms with Crippen LogP contribution in [0.1, 0.15) is 51.9 Å². The number of carbonyl (C=O) groups excluding carboxylic acids is 1. The van der Waals surface area contributed by atoms with Crippen molar-refractivity contribution in [2.24, 2.45) is 0 Å². The number of nitrogens with one attached hydrogen (secondary N) is 1. The Morgan fingerprint density at radius 3 is 2.62 bits per heavy atom. The quantitative estimate of drug-likeness (QED) is 0.577. The van der Waals surface area contributed by atoms with Crippen LogP contribution in [0.4, 0.5) is 4.79 Å². The molecule has 3 aromatic rings. The van der Waals surface area contributed by atoms with Crippen molar-refractivity contribution < 1.29 is 14.3 Å². The molecular formula is C25H30N4O3. The molecule has 2 aromatic heterocycles. The van der Waals surface area contributed by atoms with Crippen LogP contribution in [0, 0.1) is 0 Å². The topological polar surface area (TPSA) is 80.3 Å². The number of piperidine rings is 1. The van der Waals surface area contributed by atoms with Gasteiger partial charge in [-0.15, -0.1) is 0 Å². The fourth-order valence-corrected chi connectivity index (χ4v) is 4.01. The maximum Gasteiger partial charge on any atom is 0.410 e.